The lowest BCUT2D eigenvalue weighted by atomic mass is 10.1. The van der Waals surface area contributed by atoms with Crippen LogP contribution < -0.4 is 0 Å². The van der Waals surface area contributed by atoms with E-state index in [1.807, 2.05) is 11.7 Å². The van der Waals surface area contributed by atoms with Crippen molar-refractivity contribution in [3.05, 3.63) is 30.0 Å². The Balaban J connectivity index is 1.95. The highest BCUT2D eigenvalue weighted by molar-refractivity contribution is 7.89. The fourth-order valence-electron chi connectivity index (χ4n) is 2.37. The topological polar surface area (TPSA) is 77.7 Å². The lowest BCUT2D eigenvalue weighted by Gasteiger charge is -2.06. The Morgan fingerprint density at radius 2 is 2.14 bits per heavy atom. The predicted molar refractivity (Wildman–Crippen MR) is 79.2 cm³/mol. The van der Waals surface area contributed by atoms with E-state index >= 15 is 0 Å². The first-order valence-corrected chi connectivity index (χ1v) is 8.99. The van der Waals surface area contributed by atoms with Gasteiger partial charge < -0.3 is 0 Å². The first-order valence-electron chi connectivity index (χ1n) is 6.93. The molecule has 0 unspecified atom stereocenters. The molecule has 0 bridgehead atoms. The van der Waals surface area contributed by atoms with E-state index in [2.05, 4.69) is 15.1 Å². The largest absolute Gasteiger partial charge is 0.272 e. The van der Waals surface area contributed by atoms with Gasteiger partial charge in [0.25, 0.3) is 0 Å². The third kappa shape index (κ3) is 3.47. The molecule has 0 spiro atoms. The van der Waals surface area contributed by atoms with Crippen LogP contribution >= 0.6 is 0 Å². The van der Waals surface area contributed by atoms with E-state index in [-0.39, 0.29) is 5.75 Å². The minimum atomic E-state index is -3.14. The maximum Gasteiger partial charge on any atom is 0.154 e. The van der Waals surface area contributed by atoms with Gasteiger partial charge in [0.05, 0.1) is 11.9 Å². The van der Waals surface area contributed by atoms with Crippen LogP contribution in [0.2, 0.25) is 0 Å². The fraction of sp³-hybridized carbons (Fsp3) is 0.500. The van der Waals surface area contributed by atoms with Crippen molar-refractivity contribution in [2.45, 2.75) is 25.0 Å². The van der Waals surface area contributed by atoms with Crippen LogP contribution in [-0.2, 0) is 29.1 Å². The molecule has 6 nitrogen and oxygen atoms in total. The van der Waals surface area contributed by atoms with Gasteiger partial charge >= 0.3 is 0 Å². The minimum Gasteiger partial charge on any atom is -0.272 e. The van der Waals surface area contributed by atoms with Gasteiger partial charge in [0.2, 0.25) is 0 Å². The van der Waals surface area contributed by atoms with Crippen molar-refractivity contribution in [2.75, 3.05) is 6.26 Å². The maximum atomic E-state index is 11.4. The maximum absolute atomic E-state index is 11.4. The second-order valence-corrected chi connectivity index (χ2v) is 7.84. The van der Waals surface area contributed by atoms with E-state index in [4.69, 9.17) is 0 Å². The Kier molecular flexibility index (Phi) is 3.52. The summed E-state index contributed by atoms with van der Waals surface area (Å²) < 4.78 is 24.6. The Morgan fingerprint density at radius 1 is 1.38 bits per heavy atom. The van der Waals surface area contributed by atoms with Gasteiger partial charge in [0, 0.05) is 30.8 Å². The van der Waals surface area contributed by atoms with Gasteiger partial charge in [-0.2, -0.15) is 5.10 Å². The van der Waals surface area contributed by atoms with Gasteiger partial charge in [-0.3, -0.25) is 4.68 Å². The third-order valence-corrected chi connectivity index (χ3v) is 4.40. The van der Waals surface area contributed by atoms with Crippen LogP contribution in [0.4, 0.5) is 0 Å². The van der Waals surface area contributed by atoms with Crippen LogP contribution in [0.1, 0.15) is 24.4 Å². The average Bonchev–Trinajstić information content (AvgIpc) is 3.13. The van der Waals surface area contributed by atoms with Crippen molar-refractivity contribution < 1.29 is 8.42 Å². The molecule has 1 fully saturated rings. The van der Waals surface area contributed by atoms with Gasteiger partial charge in [-0.25, -0.2) is 18.4 Å². The molecule has 1 aliphatic carbocycles. The molecule has 2 aromatic rings. The Bertz CT molecular complexity index is 763. The van der Waals surface area contributed by atoms with Crippen molar-refractivity contribution in [3.8, 4) is 11.3 Å². The van der Waals surface area contributed by atoms with Gasteiger partial charge in [-0.1, -0.05) is 0 Å². The number of hydrogen-bond acceptors (Lipinski definition) is 5. The SMILES string of the molecule is Cn1ncc(-c2ccnc(CS(C)(=O)=O)n2)c1CC1CC1. The number of hydrogen-bond donors (Lipinski definition) is 0. The summed E-state index contributed by atoms with van der Waals surface area (Å²) in [5, 5.41) is 4.32. The summed E-state index contributed by atoms with van der Waals surface area (Å²) in [6.07, 6.45) is 8.13. The molecule has 0 aromatic carbocycles. The monoisotopic (exact) mass is 306 g/mol. The first-order chi connectivity index (χ1) is 9.92. The molecule has 0 aliphatic heterocycles. The highest BCUT2D eigenvalue weighted by Gasteiger charge is 2.25. The van der Waals surface area contributed by atoms with E-state index in [1.54, 1.807) is 18.5 Å². The summed E-state index contributed by atoms with van der Waals surface area (Å²) in [6, 6.07) is 1.80. The van der Waals surface area contributed by atoms with E-state index in [1.165, 1.54) is 19.1 Å². The van der Waals surface area contributed by atoms with Crippen molar-refractivity contribution in [1.29, 1.82) is 0 Å². The highest BCUT2D eigenvalue weighted by atomic mass is 32.2. The molecule has 0 amide bonds. The highest BCUT2D eigenvalue weighted by Crippen LogP contribution is 2.35. The van der Waals surface area contributed by atoms with Gasteiger partial charge in [0.15, 0.2) is 9.84 Å². The van der Waals surface area contributed by atoms with Crippen molar-refractivity contribution >= 4 is 9.84 Å². The van der Waals surface area contributed by atoms with Crippen LogP contribution in [-0.4, -0.2) is 34.4 Å². The van der Waals surface area contributed by atoms with Crippen LogP contribution in [0.15, 0.2) is 18.5 Å². The lowest BCUT2D eigenvalue weighted by Crippen LogP contribution is -2.06. The van der Waals surface area contributed by atoms with Gasteiger partial charge in [-0.15, -0.1) is 0 Å². The predicted octanol–water partition coefficient (Wildman–Crippen LogP) is 1.37. The van der Waals surface area contributed by atoms with E-state index in [9.17, 15) is 8.42 Å². The summed E-state index contributed by atoms with van der Waals surface area (Å²) in [4.78, 5) is 8.43. The van der Waals surface area contributed by atoms with Crippen molar-refractivity contribution in [3.63, 3.8) is 0 Å². The molecule has 0 N–H and O–H groups in total. The fourth-order valence-corrected chi connectivity index (χ4v) is 2.98. The molecule has 3 rings (SSSR count). The average molecular weight is 306 g/mol. The standard InChI is InChI=1S/C14H18N4O2S/c1-18-13(7-10-3-4-10)11(8-16-18)12-5-6-15-14(17-12)9-21(2,19)20/h5-6,8,10H,3-4,7,9H2,1-2H3. The van der Waals surface area contributed by atoms with E-state index < -0.39 is 9.84 Å². The van der Waals surface area contributed by atoms with Crippen molar-refractivity contribution in [1.82, 2.24) is 19.7 Å². The number of aromatic nitrogens is 4. The molecule has 112 valence electrons. The van der Waals surface area contributed by atoms with Crippen LogP contribution in [0, 0.1) is 5.92 Å². The molecule has 21 heavy (non-hydrogen) atoms. The Hall–Kier alpha value is -1.76. The number of sulfone groups is 1. The second-order valence-electron chi connectivity index (χ2n) is 5.70. The molecule has 1 aliphatic rings. The molecule has 0 atom stereocenters. The zero-order valence-corrected chi connectivity index (χ0v) is 13.0. The zero-order valence-electron chi connectivity index (χ0n) is 12.2. The molecule has 0 radical (unpaired) electrons. The molecule has 2 heterocycles. The minimum absolute atomic E-state index is 0.140. The Labute approximate surface area is 124 Å². The van der Waals surface area contributed by atoms with Crippen LogP contribution in [0.25, 0.3) is 11.3 Å². The lowest BCUT2D eigenvalue weighted by molar-refractivity contribution is 0.599. The van der Waals surface area contributed by atoms with Gasteiger partial charge in [0.1, 0.15) is 11.6 Å². The Morgan fingerprint density at radius 3 is 2.81 bits per heavy atom. The molecule has 1 saturated carbocycles. The molecule has 0 saturated heterocycles. The molecular weight excluding hydrogens is 288 g/mol. The van der Waals surface area contributed by atoms with Crippen LogP contribution in [0.5, 0.6) is 0 Å². The number of nitrogens with zero attached hydrogens (tertiary/aromatic N) is 4. The first kappa shape index (κ1) is 14.2. The summed E-state index contributed by atoms with van der Waals surface area (Å²) in [7, 11) is -1.21. The van der Waals surface area contributed by atoms with Gasteiger partial charge in [-0.05, 0) is 31.2 Å². The smallest absolute Gasteiger partial charge is 0.154 e. The van der Waals surface area contributed by atoms with E-state index in [0.717, 1.165) is 29.3 Å². The second kappa shape index (κ2) is 5.22. The zero-order chi connectivity index (χ0) is 15.0. The number of rotatable bonds is 5. The molecule has 7 heteroatoms. The summed E-state index contributed by atoms with van der Waals surface area (Å²) in [5.74, 6) is 0.937. The summed E-state index contributed by atoms with van der Waals surface area (Å²) >= 11 is 0. The third-order valence-electron chi connectivity index (χ3n) is 3.61. The number of aryl methyl sites for hydroxylation is 1. The quantitative estimate of drug-likeness (QED) is 0.834. The van der Waals surface area contributed by atoms with Crippen LogP contribution in [0.3, 0.4) is 0 Å². The summed E-state index contributed by atoms with van der Waals surface area (Å²) in [6.45, 7) is 0. The summed E-state index contributed by atoms with van der Waals surface area (Å²) in [5.41, 5.74) is 2.87. The normalized spacial score (nSPS) is 15.3. The van der Waals surface area contributed by atoms with Crippen molar-refractivity contribution in [2.24, 2.45) is 13.0 Å². The molecule has 2 aromatic heterocycles. The van der Waals surface area contributed by atoms with E-state index in [0.29, 0.717) is 5.82 Å². The molecular formula is C14H18N4O2S.